The second kappa shape index (κ2) is 11.8. The summed E-state index contributed by atoms with van der Waals surface area (Å²) in [5.41, 5.74) is 2.23. The van der Waals surface area contributed by atoms with E-state index in [1.54, 1.807) is 24.3 Å². The van der Waals surface area contributed by atoms with Gasteiger partial charge < -0.3 is 20.1 Å². The molecule has 0 unspecified atom stereocenters. The van der Waals surface area contributed by atoms with Crippen molar-refractivity contribution in [3.05, 3.63) is 48.0 Å². The van der Waals surface area contributed by atoms with E-state index in [0.717, 1.165) is 18.4 Å². The minimum Gasteiger partial charge on any atom is -0.494 e. The fourth-order valence-corrected chi connectivity index (χ4v) is 2.83. The summed E-state index contributed by atoms with van der Waals surface area (Å²) in [5, 5.41) is 8.46. The molecule has 0 aliphatic heterocycles. The predicted molar refractivity (Wildman–Crippen MR) is 122 cm³/mol. The van der Waals surface area contributed by atoms with Gasteiger partial charge in [0.25, 0.3) is 5.91 Å². The molecular formula is C22H27N3O4S. The van der Waals surface area contributed by atoms with Gasteiger partial charge in [-0.2, -0.15) is 0 Å². The Kier molecular flexibility index (Phi) is 9.08. The van der Waals surface area contributed by atoms with Gasteiger partial charge in [-0.15, -0.1) is 0 Å². The average molecular weight is 430 g/mol. The van der Waals surface area contributed by atoms with Crippen LogP contribution >= 0.6 is 12.2 Å². The van der Waals surface area contributed by atoms with Crippen molar-refractivity contribution in [3.8, 4) is 11.5 Å². The molecule has 0 aliphatic rings. The Balaban J connectivity index is 1.87. The van der Waals surface area contributed by atoms with E-state index in [-0.39, 0.29) is 23.5 Å². The molecule has 0 radical (unpaired) electrons. The zero-order valence-corrected chi connectivity index (χ0v) is 18.2. The average Bonchev–Trinajstić information content (AvgIpc) is 2.71. The topological polar surface area (TPSA) is 88.7 Å². The van der Waals surface area contributed by atoms with Crippen LogP contribution in [-0.4, -0.2) is 30.6 Å². The maximum Gasteiger partial charge on any atom is 0.264 e. The van der Waals surface area contributed by atoms with Crippen LogP contribution in [-0.2, 0) is 9.59 Å². The SMILES string of the molecule is CCCCC(=O)Nc1ccc(NC(=S)NC(=O)COc2cccc(C)c2)cc1OC. The maximum absolute atomic E-state index is 12.1. The molecule has 0 saturated heterocycles. The second-order valence-corrected chi connectivity index (χ2v) is 7.08. The third kappa shape index (κ3) is 7.71. The maximum atomic E-state index is 12.1. The van der Waals surface area contributed by atoms with E-state index in [1.165, 1.54) is 7.11 Å². The Morgan fingerprint density at radius 1 is 1.07 bits per heavy atom. The first-order valence-electron chi connectivity index (χ1n) is 9.69. The minimum absolute atomic E-state index is 0.0627. The van der Waals surface area contributed by atoms with Crippen molar-refractivity contribution >= 4 is 40.5 Å². The highest BCUT2D eigenvalue weighted by molar-refractivity contribution is 7.80. The molecule has 2 rings (SSSR count). The molecule has 0 bridgehead atoms. The number of thiocarbonyl (C=S) groups is 1. The fourth-order valence-electron chi connectivity index (χ4n) is 2.60. The van der Waals surface area contributed by atoms with Gasteiger partial charge in [-0.25, -0.2) is 0 Å². The van der Waals surface area contributed by atoms with Crippen LogP contribution in [0.5, 0.6) is 11.5 Å². The lowest BCUT2D eigenvalue weighted by Crippen LogP contribution is -2.37. The number of hydrogen-bond acceptors (Lipinski definition) is 5. The molecule has 30 heavy (non-hydrogen) atoms. The molecule has 0 aliphatic carbocycles. The Hall–Kier alpha value is -3.13. The van der Waals surface area contributed by atoms with E-state index < -0.39 is 0 Å². The van der Waals surface area contributed by atoms with Gasteiger partial charge in [-0.05, 0) is 55.4 Å². The van der Waals surface area contributed by atoms with E-state index in [0.29, 0.717) is 29.3 Å². The van der Waals surface area contributed by atoms with Crippen LogP contribution in [0.3, 0.4) is 0 Å². The Morgan fingerprint density at radius 2 is 1.87 bits per heavy atom. The highest BCUT2D eigenvalue weighted by Gasteiger charge is 2.10. The molecule has 7 nitrogen and oxygen atoms in total. The highest BCUT2D eigenvalue weighted by atomic mass is 32.1. The number of unbranched alkanes of at least 4 members (excludes halogenated alkanes) is 1. The lowest BCUT2D eigenvalue weighted by Gasteiger charge is -2.14. The lowest BCUT2D eigenvalue weighted by atomic mass is 10.2. The smallest absolute Gasteiger partial charge is 0.264 e. The van der Waals surface area contributed by atoms with E-state index in [4.69, 9.17) is 21.7 Å². The van der Waals surface area contributed by atoms with Crippen LogP contribution < -0.4 is 25.4 Å². The second-order valence-electron chi connectivity index (χ2n) is 6.67. The number of rotatable bonds is 9. The van der Waals surface area contributed by atoms with Crippen molar-refractivity contribution in [2.75, 3.05) is 24.4 Å². The minimum atomic E-state index is -0.374. The highest BCUT2D eigenvalue weighted by Crippen LogP contribution is 2.28. The van der Waals surface area contributed by atoms with Crippen LogP contribution in [0.1, 0.15) is 31.7 Å². The summed E-state index contributed by atoms with van der Waals surface area (Å²) in [6.45, 7) is 3.82. The third-order valence-corrected chi connectivity index (χ3v) is 4.31. The van der Waals surface area contributed by atoms with Crippen LogP contribution in [0.25, 0.3) is 0 Å². The van der Waals surface area contributed by atoms with E-state index >= 15 is 0 Å². The van der Waals surface area contributed by atoms with Gasteiger partial charge in [0.05, 0.1) is 12.8 Å². The summed E-state index contributed by atoms with van der Waals surface area (Å²) in [6, 6.07) is 12.6. The summed E-state index contributed by atoms with van der Waals surface area (Å²) >= 11 is 5.18. The number of hydrogen-bond donors (Lipinski definition) is 3. The number of methoxy groups -OCH3 is 1. The summed E-state index contributed by atoms with van der Waals surface area (Å²) in [4.78, 5) is 24.0. The number of benzene rings is 2. The van der Waals surface area contributed by atoms with E-state index in [1.807, 2.05) is 32.0 Å². The lowest BCUT2D eigenvalue weighted by molar-refractivity contribution is -0.121. The van der Waals surface area contributed by atoms with Crippen LogP contribution in [0, 0.1) is 6.92 Å². The van der Waals surface area contributed by atoms with Crippen molar-refractivity contribution in [3.63, 3.8) is 0 Å². The fraction of sp³-hybridized carbons (Fsp3) is 0.318. The van der Waals surface area contributed by atoms with Crippen LogP contribution in [0.2, 0.25) is 0 Å². The normalized spacial score (nSPS) is 10.1. The van der Waals surface area contributed by atoms with E-state index in [2.05, 4.69) is 16.0 Å². The van der Waals surface area contributed by atoms with Crippen LogP contribution in [0.4, 0.5) is 11.4 Å². The molecule has 0 fully saturated rings. The number of anilines is 2. The van der Waals surface area contributed by atoms with Gasteiger partial charge in [-0.3, -0.25) is 14.9 Å². The van der Waals surface area contributed by atoms with E-state index in [9.17, 15) is 9.59 Å². The molecule has 0 heterocycles. The van der Waals surface area contributed by atoms with Crippen molar-refractivity contribution in [1.82, 2.24) is 5.32 Å². The zero-order chi connectivity index (χ0) is 21.9. The number of amides is 2. The Labute approximate surface area is 182 Å². The molecule has 8 heteroatoms. The summed E-state index contributed by atoms with van der Waals surface area (Å²) in [5.74, 6) is 0.667. The standard InChI is InChI=1S/C22H27N3O4S/c1-4-5-9-20(26)24-18-11-10-16(13-19(18)28-3)23-22(30)25-21(27)14-29-17-8-6-7-15(2)12-17/h6-8,10-13H,4-5,9,14H2,1-3H3,(H,24,26)(H2,23,25,27,30). The quantitative estimate of drug-likeness (QED) is 0.522. The van der Waals surface area contributed by atoms with Gasteiger partial charge in [0.1, 0.15) is 11.5 Å². The van der Waals surface area contributed by atoms with Crippen molar-refractivity contribution in [2.24, 2.45) is 0 Å². The molecule has 2 aromatic carbocycles. The monoisotopic (exact) mass is 429 g/mol. The first kappa shape index (κ1) is 23.2. The number of nitrogens with one attached hydrogen (secondary N) is 3. The number of carbonyl (C=O) groups excluding carboxylic acids is 2. The van der Waals surface area contributed by atoms with Crippen molar-refractivity contribution in [2.45, 2.75) is 33.1 Å². The summed E-state index contributed by atoms with van der Waals surface area (Å²) < 4.78 is 10.8. The molecule has 0 spiro atoms. The molecule has 2 amide bonds. The van der Waals surface area contributed by atoms with Gasteiger partial charge in [0, 0.05) is 18.2 Å². The molecule has 0 atom stereocenters. The summed E-state index contributed by atoms with van der Waals surface area (Å²) in [6.07, 6.45) is 2.24. The Morgan fingerprint density at radius 3 is 2.57 bits per heavy atom. The Bertz CT molecular complexity index is 902. The summed E-state index contributed by atoms with van der Waals surface area (Å²) in [7, 11) is 1.52. The van der Waals surface area contributed by atoms with Gasteiger partial charge in [0.2, 0.25) is 5.91 Å². The van der Waals surface area contributed by atoms with Gasteiger partial charge in [0.15, 0.2) is 11.7 Å². The molecule has 3 N–H and O–H groups in total. The predicted octanol–water partition coefficient (Wildman–Crippen LogP) is 4.02. The molecule has 160 valence electrons. The zero-order valence-electron chi connectivity index (χ0n) is 17.4. The number of carbonyl (C=O) groups is 2. The first-order chi connectivity index (χ1) is 14.4. The van der Waals surface area contributed by atoms with Gasteiger partial charge >= 0.3 is 0 Å². The van der Waals surface area contributed by atoms with Crippen molar-refractivity contribution in [1.29, 1.82) is 0 Å². The van der Waals surface area contributed by atoms with Crippen molar-refractivity contribution < 1.29 is 19.1 Å². The third-order valence-electron chi connectivity index (χ3n) is 4.10. The molecule has 2 aromatic rings. The molecule has 0 aromatic heterocycles. The molecular weight excluding hydrogens is 402 g/mol. The number of ether oxygens (including phenoxy) is 2. The first-order valence-corrected chi connectivity index (χ1v) is 10.1. The number of aryl methyl sites for hydroxylation is 1. The van der Waals surface area contributed by atoms with Crippen LogP contribution in [0.15, 0.2) is 42.5 Å². The largest absolute Gasteiger partial charge is 0.494 e. The van der Waals surface area contributed by atoms with Gasteiger partial charge in [-0.1, -0.05) is 25.5 Å². The molecule has 0 saturated carbocycles.